The molecule has 29 heavy (non-hydrogen) atoms. The molecule has 1 atom stereocenters. The van der Waals surface area contributed by atoms with E-state index in [9.17, 15) is 18.0 Å². The highest BCUT2D eigenvalue weighted by molar-refractivity contribution is 7.89. The molecule has 8 nitrogen and oxygen atoms in total. The Morgan fingerprint density at radius 3 is 2.66 bits per heavy atom. The van der Waals surface area contributed by atoms with Gasteiger partial charge in [0.05, 0.1) is 16.5 Å². The second-order valence-corrected chi connectivity index (χ2v) is 8.66. The van der Waals surface area contributed by atoms with Crippen LogP contribution < -0.4 is 10.6 Å². The molecule has 2 amide bonds. The van der Waals surface area contributed by atoms with Crippen molar-refractivity contribution in [2.24, 2.45) is 0 Å². The van der Waals surface area contributed by atoms with Gasteiger partial charge in [-0.15, -0.1) is 0 Å². The number of nitrogens with zero attached hydrogens (tertiary/aromatic N) is 2. The summed E-state index contributed by atoms with van der Waals surface area (Å²) in [7, 11) is -4.23. The largest absolute Gasteiger partial charge is 0.352 e. The molecule has 0 bridgehead atoms. The number of carbonyl (C=O) groups excluding carboxylic acids is 2. The number of sulfonamides is 1. The molecule has 0 saturated carbocycles. The molecule has 11 heteroatoms. The van der Waals surface area contributed by atoms with Gasteiger partial charge in [0.25, 0.3) is 10.0 Å². The van der Waals surface area contributed by atoms with Crippen molar-refractivity contribution in [1.82, 2.24) is 19.9 Å². The molecule has 0 radical (unpaired) electrons. The van der Waals surface area contributed by atoms with Crippen LogP contribution in [0.1, 0.15) is 12.0 Å². The van der Waals surface area contributed by atoms with E-state index in [1.807, 2.05) is 0 Å². The molecule has 0 saturated heterocycles. The average Bonchev–Trinajstić information content (AvgIpc) is 2.70. The molecule has 0 unspecified atom stereocenters. The summed E-state index contributed by atoms with van der Waals surface area (Å²) in [5.74, 6) is -1.12. The van der Waals surface area contributed by atoms with E-state index in [-0.39, 0.29) is 27.9 Å². The highest BCUT2D eigenvalue weighted by Crippen LogP contribution is 2.32. The number of benzene rings is 1. The molecule has 1 aliphatic heterocycles. The Hall–Kier alpha value is -2.62. The van der Waals surface area contributed by atoms with Gasteiger partial charge in [0.15, 0.2) is 0 Å². The zero-order valence-electron chi connectivity index (χ0n) is 14.9. The van der Waals surface area contributed by atoms with Crippen molar-refractivity contribution < 1.29 is 18.0 Å². The number of rotatable bonds is 6. The Labute approximate surface area is 177 Å². The van der Waals surface area contributed by atoms with Crippen molar-refractivity contribution in [3.8, 4) is 0 Å². The van der Waals surface area contributed by atoms with Crippen LogP contribution in [0.4, 0.5) is 0 Å². The van der Waals surface area contributed by atoms with Crippen LogP contribution in [0.15, 0.2) is 60.0 Å². The molecule has 0 fully saturated rings. The molecular weight excluding hydrogens is 439 g/mol. The van der Waals surface area contributed by atoms with Crippen LogP contribution in [-0.2, 0) is 26.2 Å². The Morgan fingerprint density at radius 2 is 1.93 bits per heavy atom. The minimum Gasteiger partial charge on any atom is -0.352 e. The molecule has 3 rings (SSSR count). The molecule has 0 spiro atoms. The number of amides is 2. The number of hydrogen-bond donors (Lipinski definition) is 2. The van der Waals surface area contributed by atoms with Crippen molar-refractivity contribution in [1.29, 1.82) is 0 Å². The number of hydrogen-bond acceptors (Lipinski definition) is 5. The highest BCUT2D eigenvalue weighted by Gasteiger charge is 2.38. The lowest BCUT2D eigenvalue weighted by Crippen LogP contribution is -2.51. The first kappa shape index (κ1) is 21.1. The van der Waals surface area contributed by atoms with E-state index in [1.54, 1.807) is 24.5 Å². The van der Waals surface area contributed by atoms with Crippen molar-refractivity contribution >= 4 is 45.0 Å². The first-order chi connectivity index (χ1) is 13.8. The topological polar surface area (TPSA) is 108 Å². The van der Waals surface area contributed by atoms with Crippen molar-refractivity contribution in [2.45, 2.75) is 23.9 Å². The second kappa shape index (κ2) is 8.81. The van der Waals surface area contributed by atoms with E-state index in [2.05, 4.69) is 15.6 Å². The third-order valence-corrected chi connectivity index (χ3v) is 6.90. The van der Waals surface area contributed by atoms with Crippen LogP contribution in [0, 0.1) is 0 Å². The van der Waals surface area contributed by atoms with Crippen LogP contribution in [0.2, 0.25) is 10.0 Å². The van der Waals surface area contributed by atoms with Gasteiger partial charge >= 0.3 is 0 Å². The van der Waals surface area contributed by atoms with Gasteiger partial charge in [0.1, 0.15) is 10.9 Å². The third-order valence-electron chi connectivity index (χ3n) is 4.15. The molecule has 2 heterocycles. The Balaban J connectivity index is 1.81. The summed E-state index contributed by atoms with van der Waals surface area (Å²) in [6.07, 6.45) is 5.16. The van der Waals surface area contributed by atoms with Crippen LogP contribution in [-0.4, -0.2) is 35.6 Å². The van der Waals surface area contributed by atoms with Crippen molar-refractivity contribution in [3.05, 3.63) is 70.7 Å². The van der Waals surface area contributed by atoms with Gasteiger partial charge in [-0.25, -0.2) is 8.42 Å². The zero-order valence-corrected chi connectivity index (χ0v) is 17.2. The molecular formula is C18H16Cl2N4O4S. The Kier molecular flexibility index (Phi) is 6.41. The summed E-state index contributed by atoms with van der Waals surface area (Å²) in [5.41, 5.74) is 0.816. The molecule has 0 aliphatic carbocycles. The van der Waals surface area contributed by atoms with Gasteiger partial charge in [-0.1, -0.05) is 29.3 Å². The van der Waals surface area contributed by atoms with Gasteiger partial charge < -0.3 is 10.6 Å². The quantitative estimate of drug-likeness (QED) is 0.693. The molecule has 2 aromatic rings. The van der Waals surface area contributed by atoms with Gasteiger partial charge in [0, 0.05) is 31.3 Å². The fraction of sp³-hybridized carbons (Fsp3) is 0.167. The maximum absolute atomic E-state index is 13.1. The number of pyridine rings is 1. The first-order valence-corrected chi connectivity index (χ1v) is 10.6. The SMILES string of the molecule is O=C(C[C@@H]1C(=O)NC=CN1S(=O)(=O)c1cccc(Cl)c1Cl)NCc1ccncc1. The zero-order chi connectivity index (χ0) is 21.0. The van der Waals surface area contributed by atoms with Gasteiger partial charge in [0.2, 0.25) is 11.8 Å². The van der Waals surface area contributed by atoms with Gasteiger partial charge in [-0.05, 0) is 29.8 Å². The fourth-order valence-electron chi connectivity index (χ4n) is 2.68. The van der Waals surface area contributed by atoms with E-state index in [4.69, 9.17) is 23.2 Å². The monoisotopic (exact) mass is 454 g/mol. The molecule has 1 aromatic carbocycles. The highest BCUT2D eigenvalue weighted by atomic mass is 35.5. The van der Waals surface area contributed by atoms with E-state index in [0.717, 1.165) is 9.87 Å². The number of halogens is 2. The second-order valence-electron chi connectivity index (χ2n) is 6.06. The standard InChI is InChI=1S/C18H16Cl2N4O4S/c19-13-2-1-3-15(17(13)20)29(27,28)24-9-8-22-18(26)14(24)10-16(25)23-11-12-4-6-21-7-5-12/h1-9,14H,10-11H2,(H,22,26)(H,23,25)/t14-/m1/s1. The summed E-state index contributed by atoms with van der Waals surface area (Å²) >= 11 is 12.0. The summed E-state index contributed by atoms with van der Waals surface area (Å²) in [6, 6.07) is 6.35. The minimum atomic E-state index is -4.23. The van der Waals surface area contributed by atoms with Crippen molar-refractivity contribution in [2.75, 3.05) is 0 Å². The summed E-state index contributed by atoms with van der Waals surface area (Å²) in [4.78, 5) is 28.3. The molecule has 1 aliphatic rings. The Morgan fingerprint density at radius 1 is 1.21 bits per heavy atom. The number of nitrogens with one attached hydrogen (secondary N) is 2. The summed E-state index contributed by atoms with van der Waals surface area (Å²) in [6.45, 7) is 0.221. The van der Waals surface area contributed by atoms with Gasteiger partial charge in [-0.2, -0.15) is 0 Å². The van der Waals surface area contributed by atoms with Crippen LogP contribution in [0.25, 0.3) is 0 Å². The van der Waals surface area contributed by atoms with Crippen LogP contribution in [0.3, 0.4) is 0 Å². The normalized spacial score (nSPS) is 16.4. The van der Waals surface area contributed by atoms with Crippen LogP contribution >= 0.6 is 23.2 Å². The lowest BCUT2D eigenvalue weighted by molar-refractivity contribution is -0.129. The van der Waals surface area contributed by atoms with Crippen molar-refractivity contribution in [3.63, 3.8) is 0 Å². The number of carbonyl (C=O) groups is 2. The Bertz CT molecular complexity index is 1060. The number of aromatic nitrogens is 1. The van der Waals surface area contributed by atoms with Gasteiger partial charge in [-0.3, -0.25) is 18.9 Å². The summed E-state index contributed by atoms with van der Waals surface area (Å²) < 4.78 is 27.0. The minimum absolute atomic E-state index is 0.0600. The predicted octanol–water partition coefficient (Wildman–Crippen LogP) is 2.06. The maximum Gasteiger partial charge on any atom is 0.266 e. The van der Waals surface area contributed by atoms with E-state index < -0.39 is 27.9 Å². The van der Waals surface area contributed by atoms with Crippen LogP contribution in [0.5, 0.6) is 0 Å². The summed E-state index contributed by atoms with van der Waals surface area (Å²) in [5, 5.41) is 4.98. The third kappa shape index (κ3) is 4.69. The molecule has 152 valence electrons. The molecule has 2 N–H and O–H groups in total. The van der Waals surface area contributed by atoms with E-state index >= 15 is 0 Å². The van der Waals surface area contributed by atoms with E-state index in [1.165, 1.54) is 30.6 Å². The predicted molar refractivity (Wildman–Crippen MR) is 107 cm³/mol. The fourth-order valence-corrected chi connectivity index (χ4v) is 4.87. The maximum atomic E-state index is 13.1. The lowest BCUT2D eigenvalue weighted by atomic mass is 10.1. The first-order valence-electron chi connectivity index (χ1n) is 8.41. The lowest BCUT2D eigenvalue weighted by Gasteiger charge is -2.31. The average molecular weight is 455 g/mol. The smallest absolute Gasteiger partial charge is 0.266 e. The molecule has 1 aromatic heterocycles. The van der Waals surface area contributed by atoms with E-state index in [0.29, 0.717) is 0 Å².